The molecule has 0 saturated carbocycles. The molecule has 0 unspecified atom stereocenters. The summed E-state index contributed by atoms with van der Waals surface area (Å²) in [4.78, 5) is 8.78. The Morgan fingerprint density at radius 1 is 1.19 bits per heavy atom. The summed E-state index contributed by atoms with van der Waals surface area (Å²) in [6.07, 6.45) is 3.28. The number of hydrogen-bond donors (Lipinski definition) is 1. The lowest BCUT2D eigenvalue weighted by Gasteiger charge is -2.10. The first kappa shape index (κ1) is 13.9. The van der Waals surface area contributed by atoms with Gasteiger partial charge in [0.15, 0.2) is 0 Å². The molecule has 0 fully saturated rings. The zero-order valence-electron chi connectivity index (χ0n) is 10.8. The van der Waals surface area contributed by atoms with Crippen LogP contribution in [0.4, 0.5) is 0 Å². The van der Waals surface area contributed by atoms with E-state index in [2.05, 4.69) is 25.9 Å². The Labute approximate surface area is 135 Å². The first-order chi connectivity index (χ1) is 10.1. The highest BCUT2D eigenvalue weighted by molar-refractivity contribution is 9.10. The third-order valence-electron chi connectivity index (χ3n) is 2.85. The zero-order valence-corrected chi connectivity index (χ0v) is 13.2. The molecule has 0 aliphatic carbocycles. The van der Waals surface area contributed by atoms with Crippen LogP contribution < -0.4 is 10.5 Å². The molecule has 0 radical (unpaired) electrons. The van der Waals surface area contributed by atoms with Crippen LogP contribution in [0, 0.1) is 0 Å². The number of thiocarbonyl (C=S) groups is 1. The largest absolute Gasteiger partial charge is 0.437 e. The van der Waals surface area contributed by atoms with Gasteiger partial charge in [0.25, 0.3) is 0 Å². The quantitative estimate of drug-likeness (QED) is 0.720. The molecule has 0 aliphatic rings. The van der Waals surface area contributed by atoms with E-state index in [4.69, 9.17) is 22.7 Å². The number of fused-ring (bicyclic) bond motifs is 1. The second-order valence-corrected chi connectivity index (χ2v) is 5.69. The Kier molecular flexibility index (Phi) is 3.81. The second-order valence-electron chi connectivity index (χ2n) is 4.34. The van der Waals surface area contributed by atoms with Crippen molar-refractivity contribution in [3.63, 3.8) is 0 Å². The van der Waals surface area contributed by atoms with Gasteiger partial charge in [0.2, 0.25) is 5.88 Å². The SMILES string of the molecule is NC(=S)c1cc2ccccc2nc1Oc1cncc(Br)c1. The van der Waals surface area contributed by atoms with Crippen LogP contribution in [-0.4, -0.2) is 15.0 Å². The molecule has 2 aromatic heterocycles. The minimum Gasteiger partial charge on any atom is -0.437 e. The lowest BCUT2D eigenvalue weighted by atomic mass is 10.1. The fourth-order valence-corrected chi connectivity index (χ4v) is 2.40. The maximum absolute atomic E-state index is 5.79. The van der Waals surface area contributed by atoms with Gasteiger partial charge < -0.3 is 10.5 Å². The monoisotopic (exact) mass is 359 g/mol. The molecule has 3 rings (SSSR count). The zero-order chi connectivity index (χ0) is 14.8. The number of para-hydroxylation sites is 1. The fraction of sp³-hybridized carbons (Fsp3) is 0. The highest BCUT2D eigenvalue weighted by Crippen LogP contribution is 2.27. The van der Waals surface area contributed by atoms with E-state index < -0.39 is 0 Å². The second kappa shape index (κ2) is 5.75. The van der Waals surface area contributed by atoms with Gasteiger partial charge in [-0.1, -0.05) is 30.4 Å². The van der Waals surface area contributed by atoms with Gasteiger partial charge in [-0.3, -0.25) is 4.98 Å². The molecular weight excluding hydrogens is 350 g/mol. The van der Waals surface area contributed by atoms with Crippen LogP contribution >= 0.6 is 28.1 Å². The molecule has 2 heterocycles. The summed E-state index contributed by atoms with van der Waals surface area (Å²) in [6, 6.07) is 11.4. The van der Waals surface area contributed by atoms with Crippen LogP contribution in [0.3, 0.4) is 0 Å². The fourth-order valence-electron chi connectivity index (χ4n) is 1.91. The number of pyridine rings is 2. The van der Waals surface area contributed by atoms with Crippen molar-refractivity contribution in [1.29, 1.82) is 0 Å². The van der Waals surface area contributed by atoms with Gasteiger partial charge in [0.1, 0.15) is 10.7 Å². The van der Waals surface area contributed by atoms with E-state index in [0.29, 0.717) is 17.2 Å². The van der Waals surface area contributed by atoms with E-state index in [1.807, 2.05) is 30.3 Å². The summed E-state index contributed by atoms with van der Waals surface area (Å²) >= 11 is 8.44. The summed E-state index contributed by atoms with van der Waals surface area (Å²) < 4.78 is 6.61. The number of benzene rings is 1. The summed E-state index contributed by atoms with van der Waals surface area (Å²) in [5.41, 5.74) is 7.19. The first-order valence-corrected chi connectivity index (χ1v) is 7.31. The summed E-state index contributed by atoms with van der Waals surface area (Å²) in [7, 11) is 0. The summed E-state index contributed by atoms with van der Waals surface area (Å²) in [5, 5.41) is 0.958. The Morgan fingerprint density at radius 3 is 2.76 bits per heavy atom. The average molecular weight is 360 g/mol. The molecule has 2 N–H and O–H groups in total. The van der Waals surface area contributed by atoms with Crippen molar-refractivity contribution in [3.8, 4) is 11.6 Å². The van der Waals surface area contributed by atoms with Gasteiger partial charge in [-0.05, 0) is 34.1 Å². The lowest BCUT2D eigenvalue weighted by molar-refractivity contribution is 0.461. The van der Waals surface area contributed by atoms with Gasteiger partial charge >= 0.3 is 0 Å². The summed E-state index contributed by atoms with van der Waals surface area (Å²) in [5.74, 6) is 0.936. The Morgan fingerprint density at radius 2 is 2.00 bits per heavy atom. The van der Waals surface area contributed by atoms with E-state index in [0.717, 1.165) is 15.4 Å². The van der Waals surface area contributed by atoms with Crippen molar-refractivity contribution < 1.29 is 4.74 Å². The van der Waals surface area contributed by atoms with Crippen LogP contribution in [-0.2, 0) is 0 Å². The highest BCUT2D eigenvalue weighted by atomic mass is 79.9. The molecule has 0 atom stereocenters. The normalized spacial score (nSPS) is 10.5. The minimum absolute atomic E-state index is 0.242. The molecule has 0 saturated heterocycles. The number of hydrogen-bond acceptors (Lipinski definition) is 4. The van der Waals surface area contributed by atoms with Gasteiger partial charge in [-0.15, -0.1) is 0 Å². The van der Waals surface area contributed by atoms with E-state index in [-0.39, 0.29) is 4.99 Å². The number of rotatable bonds is 3. The predicted octanol–water partition coefficient (Wildman–Crippen LogP) is 3.82. The molecule has 104 valence electrons. The van der Waals surface area contributed by atoms with Crippen molar-refractivity contribution in [2.75, 3.05) is 0 Å². The van der Waals surface area contributed by atoms with Crippen LogP contribution in [0.15, 0.2) is 53.3 Å². The molecule has 0 amide bonds. The molecular formula is C15H10BrN3OS. The maximum atomic E-state index is 5.79. The van der Waals surface area contributed by atoms with Crippen molar-refractivity contribution >= 4 is 44.0 Å². The van der Waals surface area contributed by atoms with Gasteiger partial charge in [0, 0.05) is 16.1 Å². The maximum Gasteiger partial charge on any atom is 0.230 e. The Balaban J connectivity index is 2.11. The number of ether oxygens (including phenoxy) is 1. The number of nitrogens with zero attached hydrogens (tertiary/aromatic N) is 2. The highest BCUT2D eigenvalue weighted by Gasteiger charge is 2.12. The van der Waals surface area contributed by atoms with Crippen molar-refractivity contribution in [3.05, 3.63) is 58.8 Å². The van der Waals surface area contributed by atoms with E-state index >= 15 is 0 Å². The molecule has 21 heavy (non-hydrogen) atoms. The molecule has 0 spiro atoms. The third-order valence-corrected chi connectivity index (χ3v) is 3.50. The molecule has 4 nitrogen and oxygen atoms in total. The minimum atomic E-state index is 0.242. The number of aromatic nitrogens is 2. The molecule has 0 aliphatic heterocycles. The van der Waals surface area contributed by atoms with Gasteiger partial charge in [0.05, 0.1) is 17.3 Å². The lowest BCUT2D eigenvalue weighted by Crippen LogP contribution is -2.11. The van der Waals surface area contributed by atoms with E-state index in [1.165, 1.54) is 0 Å². The van der Waals surface area contributed by atoms with Gasteiger partial charge in [-0.2, -0.15) is 0 Å². The Bertz CT molecular complexity index is 838. The van der Waals surface area contributed by atoms with E-state index in [9.17, 15) is 0 Å². The van der Waals surface area contributed by atoms with Crippen LogP contribution in [0.1, 0.15) is 5.56 Å². The predicted molar refractivity (Wildman–Crippen MR) is 89.6 cm³/mol. The summed E-state index contributed by atoms with van der Waals surface area (Å²) in [6.45, 7) is 0. The average Bonchev–Trinajstić information content (AvgIpc) is 2.46. The number of halogens is 1. The molecule has 1 aromatic carbocycles. The van der Waals surface area contributed by atoms with Crippen molar-refractivity contribution in [2.24, 2.45) is 5.73 Å². The van der Waals surface area contributed by atoms with Crippen molar-refractivity contribution in [2.45, 2.75) is 0 Å². The van der Waals surface area contributed by atoms with Crippen LogP contribution in [0.5, 0.6) is 11.6 Å². The van der Waals surface area contributed by atoms with Crippen LogP contribution in [0.25, 0.3) is 10.9 Å². The third kappa shape index (κ3) is 3.01. The van der Waals surface area contributed by atoms with Gasteiger partial charge in [-0.25, -0.2) is 4.98 Å². The van der Waals surface area contributed by atoms with E-state index in [1.54, 1.807) is 18.5 Å². The standard InChI is InChI=1S/C15H10BrN3OS/c16-10-6-11(8-18-7-10)20-15-12(14(17)21)5-9-3-1-2-4-13(9)19-15/h1-8H,(H2,17,21). The smallest absolute Gasteiger partial charge is 0.230 e. The van der Waals surface area contributed by atoms with Crippen LogP contribution in [0.2, 0.25) is 0 Å². The molecule has 0 bridgehead atoms. The Hall–Kier alpha value is -2.05. The first-order valence-electron chi connectivity index (χ1n) is 6.11. The topological polar surface area (TPSA) is 61.0 Å². The molecule has 3 aromatic rings. The number of nitrogens with two attached hydrogens (primary N) is 1. The van der Waals surface area contributed by atoms with Crippen molar-refractivity contribution in [1.82, 2.24) is 9.97 Å². The molecule has 6 heteroatoms.